The van der Waals surface area contributed by atoms with E-state index < -0.39 is 32.0 Å². The zero-order chi connectivity index (χ0) is 20.5. The summed E-state index contributed by atoms with van der Waals surface area (Å²) in [5, 5.41) is 11.2. The van der Waals surface area contributed by atoms with Crippen LogP contribution in [0, 0.1) is 0 Å². The largest absolute Gasteiger partial charge is 1.00 e. The maximum absolute atomic E-state index is 9.37. The number of aliphatic hydroxyl groups excluding tert-OH is 1. The molecule has 2 aromatic carbocycles. The van der Waals surface area contributed by atoms with Gasteiger partial charge in [0.1, 0.15) is 0 Å². The van der Waals surface area contributed by atoms with E-state index in [-0.39, 0.29) is 24.8 Å². The van der Waals surface area contributed by atoms with Crippen LogP contribution in [-0.4, -0.2) is 20.5 Å². The van der Waals surface area contributed by atoms with Crippen molar-refractivity contribution in [3.05, 3.63) is 73.2 Å². The monoisotopic (exact) mass is 548 g/mol. The Morgan fingerprint density at radius 3 is 2.42 bits per heavy atom. The smallest absolute Gasteiger partial charge is 1.00 e. The second-order valence-electron chi connectivity index (χ2n) is 8.69. The quantitative estimate of drug-likeness (QED) is 0.470. The third-order valence-corrected chi connectivity index (χ3v) is 12.7. The molecule has 2 aliphatic rings. The van der Waals surface area contributed by atoms with E-state index >= 15 is 0 Å². The second kappa shape index (κ2) is 11.6. The van der Waals surface area contributed by atoms with Crippen molar-refractivity contribution in [3.63, 3.8) is 0 Å². The standard InChI is InChI=1S/C14H11.C12H21OSi.2ClH.Zr/c1-10-11-6-2-4-8-13(11)14-9-5-3-7-12(10)14;1-4-11-10(6-5-9-13)7-8-12(11)14(2)3;;;/h2-6,8-10H,1H3;13-14H,4-7,9H2,1-3H3;2*1H;/q;;;;+2/p-2. The van der Waals surface area contributed by atoms with Crippen molar-refractivity contribution < 1.29 is 53.2 Å². The predicted molar refractivity (Wildman–Crippen MR) is 123 cm³/mol. The van der Waals surface area contributed by atoms with E-state index in [1.54, 1.807) is 20.0 Å². The molecule has 2 aliphatic carbocycles. The summed E-state index contributed by atoms with van der Waals surface area (Å²) in [5.41, 5.74) is 9.39. The molecule has 2 aromatic rings. The first-order valence-corrected chi connectivity index (χ1v) is 16.5. The molecule has 1 nitrogen and oxygen atoms in total. The fourth-order valence-corrected chi connectivity index (χ4v) is 13.7. The van der Waals surface area contributed by atoms with Gasteiger partial charge in [-0.25, -0.2) is 0 Å². The Balaban J connectivity index is 0.00000171. The van der Waals surface area contributed by atoms with Crippen molar-refractivity contribution in [3.8, 4) is 11.1 Å². The average Bonchev–Trinajstić information content (AvgIpc) is 3.22. The SMILES string of the molecule is CCC1=C(CCCO)C[C]([Zr+2][c]2cccc3c2C(C)c2ccccc2-3)=C1[SiH](C)C.[Cl-].[Cl-]. The molecule has 0 radical (unpaired) electrons. The third kappa shape index (κ3) is 5.07. The van der Waals surface area contributed by atoms with Crippen molar-refractivity contribution in [1.82, 2.24) is 0 Å². The number of benzene rings is 2. The zero-order valence-corrected chi connectivity index (χ0v) is 24.1. The fourth-order valence-electron chi connectivity index (χ4n) is 5.38. The van der Waals surface area contributed by atoms with Crippen LogP contribution < -0.4 is 28.1 Å². The van der Waals surface area contributed by atoms with Crippen LogP contribution in [0.4, 0.5) is 0 Å². The van der Waals surface area contributed by atoms with Gasteiger partial charge in [0.15, 0.2) is 0 Å². The maximum atomic E-state index is 9.37. The van der Waals surface area contributed by atoms with Gasteiger partial charge in [0.2, 0.25) is 0 Å². The van der Waals surface area contributed by atoms with Crippen LogP contribution in [0.5, 0.6) is 0 Å². The van der Waals surface area contributed by atoms with Crippen molar-refractivity contribution in [2.24, 2.45) is 0 Å². The zero-order valence-electron chi connectivity index (χ0n) is 18.9. The maximum Gasteiger partial charge on any atom is -1.00 e. The summed E-state index contributed by atoms with van der Waals surface area (Å²) < 4.78 is 3.53. The van der Waals surface area contributed by atoms with Gasteiger partial charge >= 0.3 is 190 Å². The van der Waals surface area contributed by atoms with E-state index in [2.05, 4.69) is 69.4 Å². The van der Waals surface area contributed by atoms with E-state index in [0.29, 0.717) is 12.5 Å². The average molecular weight is 551 g/mol. The molecule has 1 atom stereocenters. The Bertz CT molecular complexity index is 997. The molecular weight excluding hydrogens is 519 g/mol. The summed E-state index contributed by atoms with van der Waals surface area (Å²) in [6, 6.07) is 16.1. The van der Waals surface area contributed by atoms with Gasteiger partial charge in [-0.15, -0.1) is 0 Å². The van der Waals surface area contributed by atoms with Crippen LogP contribution >= 0.6 is 0 Å². The van der Waals surface area contributed by atoms with Crippen molar-refractivity contribution in [2.75, 3.05) is 6.61 Å². The molecule has 164 valence electrons. The van der Waals surface area contributed by atoms with Crippen molar-refractivity contribution >= 4 is 12.1 Å². The molecular formula is C26H32Cl2OSiZr. The molecule has 0 heterocycles. The third-order valence-electron chi connectivity index (χ3n) is 6.58. The summed E-state index contributed by atoms with van der Waals surface area (Å²) in [6.45, 7) is 10.1. The number of fused-ring (bicyclic) bond motifs is 3. The first-order valence-electron chi connectivity index (χ1n) is 11.1. The number of hydrogen-bond acceptors (Lipinski definition) is 1. The molecule has 0 fully saturated rings. The molecule has 5 heteroatoms. The number of halogens is 2. The summed E-state index contributed by atoms with van der Waals surface area (Å²) in [6.07, 6.45) is 4.37. The molecule has 0 bridgehead atoms. The van der Waals surface area contributed by atoms with Gasteiger partial charge in [0.05, 0.1) is 0 Å². The Kier molecular flexibility index (Phi) is 10.0. The fraction of sp³-hybridized carbons (Fsp3) is 0.385. The second-order valence-corrected chi connectivity index (χ2v) is 15.0. The topological polar surface area (TPSA) is 20.2 Å². The van der Waals surface area contributed by atoms with E-state index in [9.17, 15) is 5.11 Å². The number of aliphatic hydroxyl groups is 1. The molecule has 0 spiro atoms. The van der Waals surface area contributed by atoms with Crippen LogP contribution in [0.3, 0.4) is 0 Å². The van der Waals surface area contributed by atoms with Crippen molar-refractivity contribution in [2.45, 2.75) is 58.5 Å². The molecule has 0 aliphatic heterocycles. The first kappa shape index (κ1) is 26.8. The Hall–Kier alpha value is -0.440. The van der Waals surface area contributed by atoms with E-state index in [1.807, 2.05) is 8.48 Å². The minimum atomic E-state index is -0.865. The van der Waals surface area contributed by atoms with E-state index in [0.717, 1.165) is 12.8 Å². The first-order chi connectivity index (χ1) is 14.1. The van der Waals surface area contributed by atoms with Gasteiger partial charge < -0.3 is 24.8 Å². The van der Waals surface area contributed by atoms with Gasteiger partial charge in [-0.05, 0) is 0 Å². The minimum absolute atomic E-state index is 0. The predicted octanol–water partition coefficient (Wildman–Crippen LogP) is -0.303. The molecule has 0 aromatic heterocycles. The molecule has 0 saturated carbocycles. The van der Waals surface area contributed by atoms with Crippen LogP contribution in [0.25, 0.3) is 11.1 Å². The molecule has 4 rings (SSSR count). The normalized spacial score (nSPS) is 16.6. The Morgan fingerprint density at radius 1 is 1.03 bits per heavy atom. The van der Waals surface area contributed by atoms with E-state index in [4.69, 9.17) is 0 Å². The summed E-state index contributed by atoms with van der Waals surface area (Å²) >= 11 is -0.831. The van der Waals surface area contributed by atoms with Crippen LogP contribution in [0.1, 0.15) is 56.6 Å². The summed E-state index contributed by atoms with van der Waals surface area (Å²) in [7, 11) is -0.865. The van der Waals surface area contributed by atoms with Gasteiger partial charge in [0, 0.05) is 0 Å². The van der Waals surface area contributed by atoms with Gasteiger partial charge in [-0.1, -0.05) is 0 Å². The van der Waals surface area contributed by atoms with Crippen molar-refractivity contribution in [1.29, 1.82) is 0 Å². The number of allylic oxidation sites excluding steroid dienone is 4. The molecule has 1 N–H and O–H groups in total. The minimum Gasteiger partial charge on any atom is -1.00 e. The summed E-state index contributed by atoms with van der Waals surface area (Å²) in [4.78, 5) is 0. The molecule has 0 saturated heterocycles. The van der Waals surface area contributed by atoms with Gasteiger partial charge in [0.25, 0.3) is 0 Å². The number of hydrogen-bond donors (Lipinski definition) is 1. The van der Waals surface area contributed by atoms with Gasteiger partial charge in [-0.3, -0.25) is 0 Å². The Morgan fingerprint density at radius 2 is 1.74 bits per heavy atom. The Labute approximate surface area is 213 Å². The van der Waals surface area contributed by atoms with Crippen LogP contribution in [0.2, 0.25) is 13.1 Å². The van der Waals surface area contributed by atoms with Crippen LogP contribution in [0.15, 0.2) is 62.1 Å². The molecule has 31 heavy (non-hydrogen) atoms. The van der Waals surface area contributed by atoms with Crippen LogP contribution in [-0.2, 0) is 23.2 Å². The molecule has 0 amide bonds. The van der Waals surface area contributed by atoms with E-state index in [1.165, 1.54) is 29.5 Å². The summed E-state index contributed by atoms with van der Waals surface area (Å²) in [5.74, 6) is 0.521. The molecule has 1 unspecified atom stereocenters. The van der Waals surface area contributed by atoms with Gasteiger partial charge in [-0.2, -0.15) is 0 Å². The number of rotatable bonds is 7.